The second-order valence-corrected chi connectivity index (χ2v) is 5.93. The molecule has 22 heavy (non-hydrogen) atoms. The van der Waals surface area contributed by atoms with Gasteiger partial charge in [-0.1, -0.05) is 18.2 Å². The largest absolute Gasteiger partial charge is 0.337 e. The summed E-state index contributed by atoms with van der Waals surface area (Å²) in [6.45, 7) is 2.04. The molecule has 0 bridgehead atoms. The van der Waals surface area contributed by atoms with Gasteiger partial charge >= 0.3 is 0 Å². The minimum Gasteiger partial charge on any atom is -0.337 e. The number of H-pyrrole nitrogens is 1. The van der Waals surface area contributed by atoms with Gasteiger partial charge in [0.05, 0.1) is 16.6 Å². The summed E-state index contributed by atoms with van der Waals surface area (Å²) >= 11 is 1.70. The third-order valence-corrected chi connectivity index (χ3v) is 4.18. The van der Waals surface area contributed by atoms with Crippen molar-refractivity contribution in [3.63, 3.8) is 0 Å². The lowest BCUT2D eigenvalue weighted by atomic mass is 10.1. The van der Waals surface area contributed by atoms with Gasteiger partial charge in [0, 0.05) is 4.90 Å². The summed E-state index contributed by atoms with van der Waals surface area (Å²) in [4.78, 5) is 8.93. The van der Waals surface area contributed by atoms with Crippen molar-refractivity contribution in [3.8, 4) is 6.07 Å². The summed E-state index contributed by atoms with van der Waals surface area (Å²) in [6, 6.07) is 16.4. The molecule has 0 aliphatic rings. The maximum atomic E-state index is 9.44. The second kappa shape index (κ2) is 6.08. The second-order valence-electron chi connectivity index (χ2n) is 5.05. The molecule has 2 aromatic carbocycles. The molecule has 4 heteroatoms. The van der Waals surface area contributed by atoms with E-state index in [0.717, 1.165) is 22.2 Å². The molecule has 0 spiro atoms. The summed E-state index contributed by atoms with van der Waals surface area (Å²) in [7, 11) is 0. The predicted molar refractivity (Wildman–Crippen MR) is 92.5 cm³/mol. The molecular weight excluding hydrogens is 290 g/mol. The molecule has 108 valence electrons. The number of benzene rings is 2. The fraction of sp³-hybridized carbons (Fsp3) is 0.111. The van der Waals surface area contributed by atoms with Crippen LogP contribution in [0.4, 0.5) is 0 Å². The van der Waals surface area contributed by atoms with Crippen molar-refractivity contribution in [1.82, 2.24) is 9.97 Å². The van der Waals surface area contributed by atoms with Gasteiger partial charge < -0.3 is 4.98 Å². The zero-order chi connectivity index (χ0) is 15.5. The van der Waals surface area contributed by atoms with Crippen molar-refractivity contribution in [2.75, 3.05) is 6.26 Å². The van der Waals surface area contributed by atoms with E-state index in [9.17, 15) is 5.26 Å². The van der Waals surface area contributed by atoms with Gasteiger partial charge in [-0.05, 0) is 54.6 Å². The van der Waals surface area contributed by atoms with E-state index in [4.69, 9.17) is 0 Å². The van der Waals surface area contributed by atoms with Gasteiger partial charge in [0.15, 0.2) is 0 Å². The first-order valence-corrected chi connectivity index (χ1v) is 8.14. The number of nitrogens with zero attached hydrogens (tertiary/aromatic N) is 2. The number of allylic oxidation sites excluding steroid dienone is 1. The number of aromatic nitrogens is 2. The highest BCUT2D eigenvalue weighted by Gasteiger charge is 2.08. The Labute approximate surface area is 133 Å². The van der Waals surface area contributed by atoms with Gasteiger partial charge in [0.2, 0.25) is 0 Å². The number of aromatic amines is 1. The molecule has 0 amide bonds. The number of aryl methyl sites for hydroxylation is 1. The van der Waals surface area contributed by atoms with Crippen LogP contribution < -0.4 is 0 Å². The highest BCUT2D eigenvalue weighted by atomic mass is 32.2. The molecule has 0 radical (unpaired) electrons. The highest BCUT2D eigenvalue weighted by molar-refractivity contribution is 7.98. The quantitative estimate of drug-likeness (QED) is 0.565. The monoisotopic (exact) mass is 305 g/mol. The normalized spacial score (nSPS) is 11.6. The van der Waals surface area contributed by atoms with Gasteiger partial charge in [0.1, 0.15) is 11.9 Å². The number of hydrogen-bond donors (Lipinski definition) is 1. The van der Waals surface area contributed by atoms with Crippen molar-refractivity contribution >= 4 is 34.4 Å². The zero-order valence-corrected chi connectivity index (χ0v) is 13.2. The van der Waals surface area contributed by atoms with Gasteiger partial charge in [0.25, 0.3) is 0 Å². The van der Waals surface area contributed by atoms with Crippen molar-refractivity contribution in [2.24, 2.45) is 0 Å². The maximum absolute atomic E-state index is 9.44. The highest BCUT2D eigenvalue weighted by Crippen LogP contribution is 2.21. The van der Waals surface area contributed by atoms with Gasteiger partial charge in [-0.25, -0.2) is 4.98 Å². The summed E-state index contributed by atoms with van der Waals surface area (Å²) in [6.07, 6.45) is 3.90. The number of imidazole rings is 1. The minimum atomic E-state index is 0.533. The van der Waals surface area contributed by atoms with Crippen molar-refractivity contribution < 1.29 is 0 Å². The summed E-state index contributed by atoms with van der Waals surface area (Å²) in [5, 5.41) is 9.44. The molecule has 0 fully saturated rings. The first-order chi connectivity index (χ1) is 10.7. The maximum Gasteiger partial charge on any atom is 0.149 e. The van der Waals surface area contributed by atoms with Crippen molar-refractivity contribution in [3.05, 3.63) is 59.4 Å². The van der Waals surface area contributed by atoms with Crippen LogP contribution in [0.5, 0.6) is 0 Å². The van der Waals surface area contributed by atoms with E-state index in [0.29, 0.717) is 11.4 Å². The van der Waals surface area contributed by atoms with E-state index in [-0.39, 0.29) is 0 Å². The summed E-state index contributed by atoms with van der Waals surface area (Å²) in [5.74, 6) is 0.608. The van der Waals surface area contributed by atoms with Gasteiger partial charge in [-0.3, -0.25) is 0 Å². The number of nitriles is 1. The smallest absolute Gasteiger partial charge is 0.149 e. The molecule has 1 heterocycles. The van der Waals surface area contributed by atoms with Gasteiger partial charge in [-0.2, -0.15) is 5.26 Å². The van der Waals surface area contributed by atoms with Crippen LogP contribution in [0.2, 0.25) is 0 Å². The van der Waals surface area contributed by atoms with E-state index in [1.165, 1.54) is 4.90 Å². The average molecular weight is 305 g/mol. The average Bonchev–Trinajstić information content (AvgIpc) is 2.96. The van der Waals surface area contributed by atoms with Crippen LogP contribution in [0.15, 0.2) is 47.4 Å². The number of nitrogens with one attached hydrogen (secondary N) is 1. The van der Waals surface area contributed by atoms with Crippen LogP contribution in [0.3, 0.4) is 0 Å². The molecule has 3 rings (SSSR count). The molecule has 1 N–H and O–H groups in total. The van der Waals surface area contributed by atoms with Gasteiger partial charge in [-0.15, -0.1) is 11.8 Å². The molecular formula is C18H15N3S. The van der Waals surface area contributed by atoms with Crippen LogP contribution in [0.1, 0.15) is 17.0 Å². The molecule has 0 saturated carbocycles. The Balaban J connectivity index is 2.01. The van der Waals surface area contributed by atoms with Crippen LogP contribution in [0, 0.1) is 18.3 Å². The van der Waals surface area contributed by atoms with E-state index in [1.807, 2.05) is 61.7 Å². The molecule has 0 unspecified atom stereocenters. The minimum absolute atomic E-state index is 0.533. The fourth-order valence-electron chi connectivity index (χ4n) is 2.27. The Morgan fingerprint density at radius 3 is 2.68 bits per heavy atom. The van der Waals surface area contributed by atoms with Crippen LogP contribution in [-0.4, -0.2) is 16.2 Å². The van der Waals surface area contributed by atoms with Crippen LogP contribution >= 0.6 is 11.8 Å². The molecule has 0 aliphatic heterocycles. The summed E-state index contributed by atoms with van der Waals surface area (Å²) < 4.78 is 0. The van der Waals surface area contributed by atoms with E-state index in [1.54, 1.807) is 11.8 Å². The van der Waals surface area contributed by atoms with Crippen molar-refractivity contribution in [2.45, 2.75) is 11.8 Å². The zero-order valence-electron chi connectivity index (χ0n) is 12.4. The van der Waals surface area contributed by atoms with Crippen molar-refractivity contribution in [1.29, 1.82) is 5.26 Å². The molecule has 3 nitrogen and oxygen atoms in total. The Morgan fingerprint density at radius 1 is 1.23 bits per heavy atom. The summed E-state index contributed by atoms with van der Waals surface area (Å²) in [5.41, 5.74) is 4.52. The molecule has 0 saturated heterocycles. The Kier molecular flexibility index (Phi) is 3.99. The van der Waals surface area contributed by atoms with E-state index < -0.39 is 0 Å². The standard InChI is InChI=1S/C18H15N3S/c1-12-3-8-16-17(9-12)21-18(20-16)14(11-19)10-13-4-6-15(22-2)7-5-13/h3-10H,1-2H3,(H,20,21). The lowest BCUT2D eigenvalue weighted by Crippen LogP contribution is -1.85. The third-order valence-electron chi connectivity index (χ3n) is 3.44. The Bertz CT molecular complexity index is 883. The molecule has 0 aliphatic carbocycles. The number of hydrogen-bond acceptors (Lipinski definition) is 3. The number of fused-ring (bicyclic) bond motifs is 1. The van der Waals surface area contributed by atoms with Crippen LogP contribution in [-0.2, 0) is 0 Å². The van der Waals surface area contributed by atoms with Crippen LogP contribution in [0.25, 0.3) is 22.7 Å². The predicted octanol–water partition coefficient (Wildman–Crippen LogP) is 4.66. The first-order valence-electron chi connectivity index (χ1n) is 6.92. The SMILES string of the molecule is CSc1ccc(C=C(C#N)c2nc3ccc(C)cc3[nH]2)cc1. The number of thioether (sulfide) groups is 1. The van der Waals surface area contributed by atoms with E-state index >= 15 is 0 Å². The molecule has 0 atom stereocenters. The topological polar surface area (TPSA) is 52.5 Å². The fourth-order valence-corrected chi connectivity index (χ4v) is 2.68. The molecule has 1 aromatic heterocycles. The Hall–Kier alpha value is -2.51. The number of rotatable bonds is 3. The molecule has 3 aromatic rings. The lowest BCUT2D eigenvalue weighted by Gasteiger charge is -1.98. The van der Waals surface area contributed by atoms with E-state index in [2.05, 4.69) is 16.0 Å². The third kappa shape index (κ3) is 2.90. The lowest BCUT2D eigenvalue weighted by molar-refractivity contribution is 1.27. The Morgan fingerprint density at radius 2 is 2.00 bits per heavy atom. The first kappa shape index (κ1) is 14.4.